The predicted octanol–water partition coefficient (Wildman–Crippen LogP) is 2.77. The van der Waals surface area contributed by atoms with Crippen molar-refractivity contribution in [3.63, 3.8) is 0 Å². The molecule has 150 valence electrons. The Hall–Kier alpha value is -2.51. The van der Waals surface area contributed by atoms with Crippen LogP contribution in [0.1, 0.15) is 37.2 Å². The van der Waals surface area contributed by atoms with E-state index in [0.29, 0.717) is 37.7 Å². The van der Waals surface area contributed by atoms with Gasteiger partial charge in [0.05, 0.1) is 25.0 Å². The van der Waals surface area contributed by atoms with E-state index in [9.17, 15) is 5.11 Å². The van der Waals surface area contributed by atoms with E-state index >= 15 is 0 Å². The Balaban J connectivity index is 1.77. The normalized spacial score (nSPS) is 15.2. The number of rotatable bonds is 7. The summed E-state index contributed by atoms with van der Waals surface area (Å²) in [5.41, 5.74) is 4.49. The van der Waals surface area contributed by atoms with Gasteiger partial charge in [0.2, 0.25) is 0 Å². The van der Waals surface area contributed by atoms with Gasteiger partial charge >= 0.3 is 0 Å². The lowest BCUT2D eigenvalue weighted by Gasteiger charge is -2.28. The second-order valence-electron chi connectivity index (χ2n) is 7.72. The monoisotopic (exact) mass is 383 g/mol. The summed E-state index contributed by atoms with van der Waals surface area (Å²) in [4.78, 5) is 11.5. The Kier molecular flexibility index (Phi) is 6.59. The summed E-state index contributed by atoms with van der Waals surface area (Å²) in [6.45, 7) is 8.63. The van der Waals surface area contributed by atoms with Gasteiger partial charge in [0.15, 0.2) is 5.82 Å². The Morgan fingerprint density at radius 2 is 2.04 bits per heavy atom. The molecular formula is C21H29N5O2. The molecule has 1 aliphatic heterocycles. The average Bonchev–Trinajstić information content (AvgIpc) is 2.67. The molecule has 7 nitrogen and oxygen atoms in total. The van der Waals surface area contributed by atoms with E-state index < -0.39 is 5.60 Å². The number of nitrogens with zero attached hydrogens (tertiary/aromatic N) is 4. The molecule has 0 saturated carbocycles. The van der Waals surface area contributed by atoms with Crippen molar-refractivity contribution < 1.29 is 9.84 Å². The minimum absolute atomic E-state index is 0.589. The standard InChI is InChI=1S/C21H29N5O2/c1-16-5-4-6-17(13-16)15-22-25-19-14-20(26-9-11-28-12-10-26)24-18(23-19)7-8-21(2,3)27/h4-6,13-15,27H,7-12H2,1-3H3,(H,23,24,25)/b22-15-. The Bertz CT molecular complexity index is 811. The third-order valence-electron chi connectivity index (χ3n) is 4.49. The quantitative estimate of drug-likeness (QED) is 0.565. The molecule has 3 rings (SSSR count). The van der Waals surface area contributed by atoms with Crippen molar-refractivity contribution >= 4 is 17.9 Å². The first-order valence-electron chi connectivity index (χ1n) is 9.68. The number of hydrazone groups is 1. The molecule has 0 bridgehead atoms. The van der Waals surface area contributed by atoms with Gasteiger partial charge in [0.25, 0.3) is 0 Å². The maximum atomic E-state index is 10.0. The number of hydrogen-bond acceptors (Lipinski definition) is 7. The zero-order valence-electron chi connectivity index (χ0n) is 16.9. The van der Waals surface area contributed by atoms with Gasteiger partial charge in [0, 0.05) is 25.6 Å². The summed E-state index contributed by atoms with van der Waals surface area (Å²) < 4.78 is 5.44. The average molecular weight is 383 g/mol. The minimum atomic E-state index is -0.755. The van der Waals surface area contributed by atoms with Crippen molar-refractivity contribution in [3.8, 4) is 0 Å². The molecule has 1 fully saturated rings. The second-order valence-corrected chi connectivity index (χ2v) is 7.72. The molecule has 2 heterocycles. The summed E-state index contributed by atoms with van der Waals surface area (Å²) in [6.07, 6.45) is 2.96. The number of aromatic nitrogens is 2. The molecule has 2 aromatic rings. The number of benzene rings is 1. The summed E-state index contributed by atoms with van der Waals surface area (Å²) in [5.74, 6) is 2.20. The molecule has 1 aliphatic rings. The van der Waals surface area contributed by atoms with Crippen LogP contribution < -0.4 is 10.3 Å². The molecule has 1 saturated heterocycles. The molecule has 2 N–H and O–H groups in total. The number of aryl methyl sites for hydroxylation is 2. The smallest absolute Gasteiger partial charge is 0.152 e. The molecule has 0 unspecified atom stereocenters. The van der Waals surface area contributed by atoms with E-state index in [0.717, 1.165) is 24.5 Å². The highest BCUT2D eigenvalue weighted by Gasteiger charge is 2.17. The first-order chi connectivity index (χ1) is 13.4. The van der Waals surface area contributed by atoms with Crippen molar-refractivity contribution in [1.82, 2.24) is 9.97 Å². The van der Waals surface area contributed by atoms with Crippen LogP contribution in [0.3, 0.4) is 0 Å². The van der Waals surface area contributed by atoms with Gasteiger partial charge in [-0.2, -0.15) is 5.10 Å². The largest absolute Gasteiger partial charge is 0.390 e. The summed E-state index contributed by atoms with van der Waals surface area (Å²) in [6, 6.07) is 10.0. The maximum Gasteiger partial charge on any atom is 0.152 e. The van der Waals surface area contributed by atoms with Crippen LogP contribution in [-0.2, 0) is 11.2 Å². The van der Waals surface area contributed by atoms with E-state index in [4.69, 9.17) is 9.72 Å². The highest BCUT2D eigenvalue weighted by atomic mass is 16.5. The highest BCUT2D eigenvalue weighted by Crippen LogP contribution is 2.19. The van der Waals surface area contributed by atoms with Gasteiger partial charge in [-0.1, -0.05) is 29.8 Å². The van der Waals surface area contributed by atoms with Crippen molar-refractivity contribution in [2.45, 2.75) is 39.2 Å². The van der Waals surface area contributed by atoms with E-state index in [2.05, 4.69) is 39.5 Å². The lowest BCUT2D eigenvalue weighted by molar-refractivity contribution is 0.0708. The van der Waals surface area contributed by atoms with Gasteiger partial charge < -0.3 is 14.7 Å². The molecule has 0 spiro atoms. The van der Waals surface area contributed by atoms with Crippen LogP contribution in [0.4, 0.5) is 11.6 Å². The fourth-order valence-electron chi connectivity index (χ4n) is 2.95. The number of aliphatic hydroxyl groups is 1. The maximum absolute atomic E-state index is 10.0. The lowest BCUT2D eigenvalue weighted by atomic mass is 10.0. The van der Waals surface area contributed by atoms with Gasteiger partial charge in [-0.25, -0.2) is 9.97 Å². The number of ether oxygens (including phenoxy) is 1. The van der Waals surface area contributed by atoms with Crippen LogP contribution in [0.15, 0.2) is 35.4 Å². The summed E-state index contributed by atoms with van der Waals surface area (Å²) in [5, 5.41) is 14.4. The fraction of sp³-hybridized carbons (Fsp3) is 0.476. The van der Waals surface area contributed by atoms with Crippen LogP contribution in [0.5, 0.6) is 0 Å². The molecule has 1 aromatic carbocycles. The number of nitrogens with one attached hydrogen (secondary N) is 1. The van der Waals surface area contributed by atoms with Crippen LogP contribution in [0, 0.1) is 6.92 Å². The van der Waals surface area contributed by atoms with E-state index in [1.807, 2.05) is 18.2 Å². The second kappa shape index (κ2) is 9.12. The van der Waals surface area contributed by atoms with Crippen molar-refractivity contribution in [3.05, 3.63) is 47.3 Å². The van der Waals surface area contributed by atoms with Crippen LogP contribution in [-0.4, -0.2) is 53.2 Å². The fourth-order valence-corrected chi connectivity index (χ4v) is 2.95. The molecular weight excluding hydrogens is 354 g/mol. The van der Waals surface area contributed by atoms with Gasteiger partial charge in [-0.05, 0) is 32.8 Å². The minimum Gasteiger partial charge on any atom is -0.390 e. The van der Waals surface area contributed by atoms with Crippen LogP contribution in [0.2, 0.25) is 0 Å². The Labute approximate surface area is 166 Å². The van der Waals surface area contributed by atoms with Crippen molar-refractivity contribution in [1.29, 1.82) is 0 Å². The van der Waals surface area contributed by atoms with Crippen LogP contribution in [0.25, 0.3) is 0 Å². The van der Waals surface area contributed by atoms with E-state index in [1.165, 1.54) is 5.56 Å². The number of anilines is 2. The molecule has 0 amide bonds. The zero-order chi connectivity index (χ0) is 20.0. The third-order valence-corrected chi connectivity index (χ3v) is 4.49. The Morgan fingerprint density at radius 1 is 1.25 bits per heavy atom. The molecule has 1 aromatic heterocycles. The van der Waals surface area contributed by atoms with Crippen LogP contribution >= 0.6 is 0 Å². The topological polar surface area (TPSA) is 82.9 Å². The van der Waals surface area contributed by atoms with E-state index in [-0.39, 0.29) is 0 Å². The zero-order valence-corrected chi connectivity index (χ0v) is 16.9. The predicted molar refractivity (Wildman–Crippen MR) is 112 cm³/mol. The Morgan fingerprint density at radius 3 is 2.75 bits per heavy atom. The summed E-state index contributed by atoms with van der Waals surface area (Å²) in [7, 11) is 0. The highest BCUT2D eigenvalue weighted by molar-refractivity contribution is 5.80. The molecule has 0 radical (unpaired) electrons. The van der Waals surface area contributed by atoms with E-state index in [1.54, 1.807) is 20.1 Å². The van der Waals surface area contributed by atoms with Gasteiger partial charge in [-0.3, -0.25) is 5.43 Å². The number of hydrogen-bond donors (Lipinski definition) is 2. The lowest BCUT2D eigenvalue weighted by Crippen LogP contribution is -2.37. The number of morpholine rings is 1. The van der Waals surface area contributed by atoms with Gasteiger partial charge in [-0.15, -0.1) is 0 Å². The van der Waals surface area contributed by atoms with Gasteiger partial charge in [0.1, 0.15) is 11.6 Å². The molecule has 7 heteroatoms. The SMILES string of the molecule is Cc1cccc(/C=N\Nc2cc(N3CCOCC3)nc(CCC(C)(C)O)n2)c1. The van der Waals surface area contributed by atoms with Crippen molar-refractivity contribution in [2.24, 2.45) is 5.10 Å². The third kappa shape index (κ3) is 6.28. The first-order valence-corrected chi connectivity index (χ1v) is 9.68. The molecule has 0 aliphatic carbocycles. The molecule has 28 heavy (non-hydrogen) atoms. The first kappa shape index (κ1) is 20.2. The molecule has 0 atom stereocenters. The van der Waals surface area contributed by atoms with Crippen molar-refractivity contribution in [2.75, 3.05) is 36.6 Å². The summed E-state index contributed by atoms with van der Waals surface area (Å²) >= 11 is 0.